The van der Waals surface area contributed by atoms with Gasteiger partial charge in [0.05, 0.1) is 6.54 Å². The Labute approximate surface area is 96.9 Å². The number of hydrogen-bond donors (Lipinski definition) is 0. The predicted molar refractivity (Wildman–Crippen MR) is 61.0 cm³/mol. The Morgan fingerprint density at radius 2 is 1.94 bits per heavy atom. The molecule has 94 valence electrons. The standard InChI is InChI=1S/C12H22FNO2/c1-8(2)9-6-14(7-10(9)13)11(15)16-12(3,4)5/h8-10H,6-7H2,1-5H3/t9-,10-/m0/s1. The van der Waals surface area contributed by atoms with Crippen molar-refractivity contribution in [2.75, 3.05) is 13.1 Å². The lowest BCUT2D eigenvalue weighted by Crippen LogP contribution is -2.35. The number of alkyl halides is 1. The van der Waals surface area contributed by atoms with Gasteiger partial charge in [-0.2, -0.15) is 0 Å². The van der Waals surface area contributed by atoms with Crippen molar-refractivity contribution in [3.63, 3.8) is 0 Å². The van der Waals surface area contributed by atoms with Crippen LogP contribution in [0.3, 0.4) is 0 Å². The molecule has 1 heterocycles. The Bertz CT molecular complexity index is 260. The molecule has 0 saturated carbocycles. The molecule has 1 rings (SSSR count). The summed E-state index contributed by atoms with van der Waals surface area (Å²) in [5.74, 6) is 0.190. The maximum atomic E-state index is 13.6. The molecular weight excluding hydrogens is 209 g/mol. The first-order valence-corrected chi connectivity index (χ1v) is 5.82. The van der Waals surface area contributed by atoms with E-state index in [9.17, 15) is 9.18 Å². The van der Waals surface area contributed by atoms with E-state index in [1.54, 1.807) is 0 Å². The van der Waals surface area contributed by atoms with Crippen molar-refractivity contribution in [3.05, 3.63) is 0 Å². The third-order valence-electron chi connectivity index (χ3n) is 2.80. The van der Waals surface area contributed by atoms with Gasteiger partial charge in [-0.05, 0) is 26.7 Å². The van der Waals surface area contributed by atoms with Crippen molar-refractivity contribution in [2.45, 2.75) is 46.4 Å². The van der Waals surface area contributed by atoms with Gasteiger partial charge in [0.2, 0.25) is 0 Å². The molecule has 3 nitrogen and oxygen atoms in total. The van der Waals surface area contributed by atoms with Crippen molar-refractivity contribution in [1.82, 2.24) is 4.90 Å². The molecular formula is C12H22FNO2. The molecule has 0 N–H and O–H groups in total. The largest absolute Gasteiger partial charge is 0.444 e. The molecule has 1 fully saturated rings. The minimum absolute atomic E-state index is 0.0625. The summed E-state index contributed by atoms with van der Waals surface area (Å²) in [6.07, 6.45) is -1.33. The number of likely N-dealkylation sites (tertiary alicyclic amines) is 1. The third-order valence-corrected chi connectivity index (χ3v) is 2.80. The highest BCUT2D eigenvalue weighted by Crippen LogP contribution is 2.27. The quantitative estimate of drug-likeness (QED) is 0.694. The Balaban J connectivity index is 2.55. The molecule has 0 bridgehead atoms. The lowest BCUT2D eigenvalue weighted by molar-refractivity contribution is 0.0279. The van der Waals surface area contributed by atoms with E-state index in [1.807, 2.05) is 34.6 Å². The van der Waals surface area contributed by atoms with Crippen molar-refractivity contribution in [3.8, 4) is 0 Å². The molecule has 1 amide bonds. The maximum Gasteiger partial charge on any atom is 0.410 e. The fourth-order valence-corrected chi connectivity index (χ4v) is 1.89. The Morgan fingerprint density at radius 1 is 1.38 bits per heavy atom. The summed E-state index contributed by atoms with van der Waals surface area (Å²) < 4.78 is 18.9. The van der Waals surface area contributed by atoms with E-state index in [0.29, 0.717) is 6.54 Å². The molecule has 1 aliphatic rings. The fourth-order valence-electron chi connectivity index (χ4n) is 1.89. The number of nitrogens with zero attached hydrogens (tertiary/aromatic N) is 1. The van der Waals surface area contributed by atoms with E-state index in [-0.39, 0.29) is 18.4 Å². The highest BCUT2D eigenvalue weighted by Gasteiger charge is 2.38. The number of ether oxygens (including phenoxy) is 1. The predicted octanol–water partition coefficient (Wildman–Crippen LogP) is 2.85. The Kier molecular flexibility index (Phi) is 3.81. The van der Waals surface area contributed by atoms with Crippen LogP contribution in [-0.2, 0) is 4.74 Å². The smallest absolute Gasteiger partial charge is 0.410 e. The Hall–Kier alpha value is -0.800. The normalized spacial score (nSPS) is 26.3. The highest BCUT2D eigenvalue weighted by atomic mass is 19.1. The molecule has 16 heavy (non-hydrogen) atoms. The van der Waals surface area contributed by atoms with Crippen molar-refractivity contribution in [1.29, 1.82) is 0 Å². The van der Waals surface area contributed by atoms with Crippen LogP contribution in [0.15, 0.2) is 0 Å². The van der Waals surface area contributed by atoms with Crippen LogP contribution in [0.4, 0.5) is 9.18 Å². The highest BCUT2D eigenvalue weighted by molar-refractivity contribution is 5.68. The second kappa shape index (κ2) is 4.60. The van der Waals surface area contributed by atoms with Crippen LogP contribution < -0.4 is 0 Å². The van der Waals surface area contributed by atoms with Crippen LogP contribution in [-0.4, -0.2) is 35.9 Å². The van der Waals surface area contributed by atoms with E-state index in [0.717, 1.165) is 0 Å². The zero-order valence-corrected chi connectivity index (χ0v) is 10.8. The lowest BCUT2D eigenvalue weighted by atomic mass is 9.94. The van der Waals surface area contributed by atoms with Gasteiger partial charge in [0.1, 0.15) is 11.8 Å². The van der Waals surface area contributed by atoms with E-state index < -0.39 is 17.9 Å². The number of rotatable bonds is 1. The van der Waals surface area contributed by atoms with Gasteiger partial charge in [-0.15, -0.1) is 0 Å². The average Bonchev–Trinajstić information content (AvgIpc) is 2.44. The second-order valence-corrected chi connectivity index (χ2v) is 5.81. The number of amides is 1. The zero-order chi connectivity index (χ0) is 12.5. The number of hydrogen-bond acceptors (Lipinski definition) is 2. The fraction of sp³-hybridized carbons (Fsp3) is 0.917. The van der Waals surface area contributed by atoms with Crippen LogP contribution in [0.5, 0.6) is 0 Å². The van der Waals surface area contributed by atoms with Crippen molar-refractivity contribution >= 4 is 6.09 Å². The summed E-state index contributed by atoms with van der Waals surface area (Å²) in [7, 11) is 0. The molecule has 4 heteroatoms. The SMILES string of the molecule is CC(C)[C@@H]1CN(C(=O)OC(C)(C)C)C[C@@H]1F. The van der Waals surface area contributed by atoms with Gasteiger partial charge < -0.3 is 9.64 Å². The molecule has 0 radical (unpaired) electrons. The number of halogens is 1. The van der Waals surface area contributed by atoms with Crippen LogP contribution in [0.1, 0.15) is 34.6 Å². The van der Waals surface area contributed by atoms with E-state index in [4.69, 9.17) is 4.74 Å². The van der Waals surface area contributed by atoms with Crippen LogP contribution >= 0.6 is 0 Å². The number of carbonyl (C=O) groups excluding carboxylic acids is 1. The summed E-state index contributed by atoms with van der Waals surface area (Å²) in [6.45, 7) is 10.0. The molecule has 1 aliphatic heterocycles. The van der Waals surface area contributed by atoms with E-state index in [1.165, 1.54) is 4.90 Å². The molecule has 1 saturated heterocycles. The van der Waals surface area contributed by atoms with Crippen molar-refractivity contribution in [2.24, 2.45) is 11.8 Å². The first-order chi connectivity index (χ1) is 7.20. The topological polar surface area (TPSA) is 29.5 Å². The van der Waals surface area contributed by atoms with Gasteiger partial charge in [0, 0.05) is 12.5 Å². The summed E-state index contributed by atoms with van der Waals surface area (Å²) in [4.78, 5) is 13.2. The summed E-state index contributed by atoms with van der Waals surface area (Å²) in [5, 5.41) is 0. The minimum Gasteiger partial charge on any atom is -0.444 e. The molecule has 0 aromatic rings. The molecule has 0 aliphatic carbocycles. The summed E-state index contributed by atoms with van der Waals surface area (Å²) >= 11 is 0. The van der Waals surface area contributed by atoms with Gasteiger partial charge in [-0.3, -0.25) is 0 Å². The third kappa shape index (κ3) is 3.35. The lowest BCUT2D eigenvalue weighted by Gasteiger charge is -2.24. The van der Waals surface area contributed by atoms with Gasteiger partial charge in [-0.25, -0.2) is 9.18 Å². The zero-order valence-electron chi connectivity index (χ0n) is 10.8. The van der Waals surface area contributed by atoms with Gasteiger partial charge in [0.15, 0.2) is 0 Å². The van der Waals surface area contributed by atoms with Crippen LogP contribution in [0.25, 0.3) is 0 Å². The average molecular weight is 231 g/mol. The second-order valence-electron chi connectivity index (χ2n) is 5.81. The van der Waals surface area contributed by atoms with Gasteiger partial charge in [-0.1, -0.05) is 13.8 Å². The van der Waals surface area contributed by atoms with Gasteiger partial charge >= 0.3 is 6.09 Å². The molecule has 0 spiro atoms. The van der Waals surface area contributed by atoms with Crippen LogP contribution in [0.2, 0.25) is 0 Å². The summed E-state index contributed by atoms with van der Waals surface area (Å²) in [5.41, 5.74) is -0.515. The minimum atomic E-state index is -0.924. The monoisotopic (exact) mass is 231 g/mol. The molecule has 0 unspecified atom stereocenters. The van der Waals surface area contributed by atoms with Gasteiger partial charge in [0.25, 0.3) is 0 Å². The Morgan fingerprint density at radius 3 is 2.31 bits per heavy atom. The molecule has 0 aromatic heterocycles. The molecule has 0 aromatic carbocycles. The summed E-state index contributed by atoms with van der Waals surface area (Å²) in [6, 6.07) is 0. The first-order valence-electron chi connectivity index (χ1n) is 5.82. The van der Waals surface area contributed by atoms with E-state index >= 15 is 0 Å². The first kappa shape index (κ1) is 13.3. The van der Waals surface area contributed by atoms with Crippen molar-refractivity contribution < 1.29 is 13.9 Å². The number of carbonyl (C=O) groups is 1. The molecule has 2 atom stereocenters. The maximum absolute atomic E-state index is 13.6. The van der Waals surface area contributed by atoms with Crippen LogP contribution in [0, 0.1) is 11.8 Å². The van der Waals surface area contributed by atoms with E-state index in [2.05, 4.69) is 0 Å².